The molecule has 2 aromatic carbocycles. The molecule has 9 heteroatoms. The molecule has 196 valence electrons. The Labute approximate surface area is 233 Å². The summed E-state index contributed by atoms with van der Waals surface area (Å²) in [5, 5.41) is 1.19. The van der Waals surface area contributed by atoms with Crippen LogP contribution >= 0.6 is 35.0 Å². The van der Waals surface area contributed by atoms with Crippen molar-refractivity contribution >= 4 is 58.9 Å². The number of hydrogen-bond donors (Lipinski definition) is 0. The summed E-state index contributed by atoms with van der Waals surface area (Å²) in [5.74, 6) is 0.0441. The molecule has 2 aromatic rings. The van der Waals surface area contributed by atoms with Crippen LogP contribution in [-0.4, -0.2) is 97.9 Å². The van der Waals surface area contributed by atoms with E-state index in [4.69, 9.17) is 23.2 Å². The van der Waals surface area contributed by atoms with Gasteiger partial charge in [-0.05, 0) is 61.6 Å². The smallest absolute Gasteiger partial charge is 0.246 e. The highest BCUT2D eigenvalue weighted by Crippen LogP contribution is 2.38. The summed E-state index contributed by atoms with van der Waals surface area (Å²) in [7, 11) is 4.13. The minimum absolute atomic E-state index is 0.0221. The van der Waals surface area contributed by atoms with Crippen LogP contribution in [0.4, 0.5) is 0 Å². The average molecular weight is 560 g/mol. The molecule has 0 N–H and O–H groups in total. The molecule has 4 rings (SSSR count). The zero-order chi connectivity index (χ0) is 26.4. The molecule has 6 nitrogen and oxygen atoms in total. The number of carbonyl (C=O) groups excluding carboxylic acids is 2. The second-order valence-electron chi connectivity index (χ2n) is 9.41. The van der Waals surface area contributed by atoms with E-state index >= 15 is 0 Å². The van der Waals surface area contributed by atoms with Gasteiger partial charge >= 0.3 is 0 Å². The molecule has 2 saturated heterocycles. The highest BCUT2D eigenvalue weighted by atomic mass is 35.5. The van der Waals surface area contributed by atoms with Gasteiger partial charge < -0.3 is 19.6 Å². The molecule has 37 heavy (non-hydrogen) atoms. The molecule has 0 atom stereocenters. The topological polar surface area (TPSA) is 47.1 Å². The van der Waals surface area contributed by atoms with Crippen molar-refractivity contribution in [3.63, 3.8) is 0 Å². The van der Waals surface area contributed by atoms with Crippen LogP contribution in [0.3, 0.4) is 0 Å². The number of nitrogens with zero attached hydrogens (tertiary/aromatic N) is 4. The number of benzene rings is 2. The Balaban J connectivity index is 1.34. The molecule has 0 unspecified atom stereocenters. The van der Waals surface area contributed by atoms with Crippen molar-refractivity contribution in [2.75, 3.05) is 66.5 Å². The van der Waals surface area contributed by atoms with E-state index in [1.165, 1.54) is 11.8 Å². The van der Waals surface area contributed by atoms with Gasteiger partial charge in [-0.25, -0.2) is 0 Å². The zero-order valence-corrected chi connectivity index (χ0v) is 23.5. The van der Waals surface area contributed by atoms with E-state index in [-0.39, 0.29) is 11.8 Å². The number of carbonyl (C=O) groups is 2. The molecule has 2 fully saturated rings. The molecule has 0 aromatic heterocycles. The van der Waals surface area contributed by atoms with E-state index in [9.17, 15) is 9.59 Å². The Bertz CT molecular complexity index is 1100. The fourth-order valence-corrected chi connectivity index (χ4v) is 5.56. The molecule has 0 radical (unpaired) electrons. The third kappa shape index (κ3) is 7.85. The lowest BCUT2D eigenvalue weighted by molar-refractivity contribution is -0.128. The molecule has 2 aliphatic rings. The van der Waals surface area contributed by atoms with Crippen LogP contribution in [0.5, 0.6) is 0 Å². The molecule has 0 bridgehead atoms. The van der Waals surface area contributed by atoms with Crippen LogP contribution in [0, 0.1) is 0 Å². The molecule has 0 spiro atoms. The summed E-state index contributed by atoms with van der Waals surface area (Å²) in [4.78, 5) is 34.8. The van der Waals surface area contributed by atoms with Crippen LogP contribution in [0.2, 0.25) is 10.0 Å². The maximum absolute atomic E-state index is 12.5. The minimum Gasteiger partial charge on any atom is -0.337 e. The van der Waals surface area contributed by atoms with Gasteiger partial charge in [-0.1, -0.05) is 47.1 Å². The van der Waals surface area contributed by atoms with Gasteiger partial charge in [0.25, 0.3) is 0 Å². The highest BCUT2D eigenvalue weighted by molar-refractivity contribution is 7.99. The molecule has 2 aliphatic heterocycles. The lowest BCUT2D eigenvalue weighted by atomic mass is 10.2. The fraction of sp³-hybridized carbons (Fsp3) is 0.357. The van der Waals surface area contributed by atoms with E-state index in [0.717, 1.165) is 73.3 Å². The number of likely N-dealkylation sites (N-methyl/N-ethyl adjacent to an activating group) is 2. The van der Waals surface area contributed by atoms with Gasteiger partial charge in [0.05, 0.1) is 10.0 Å². The highest BCUT2D eigenvalue weighted by Gasteiger charge is 2.18. The largest absolute Gasteiger partial charge is 0.337 e. The number of amides is 2. The van der Waals surface area contributed by atoms with E-state index < -0.39 is 0 Å². The number of rotatable bonds is 6. The standard InChI is InChI=1S/C28H32Cl2N4O2S/c1-31-11-15-33(16-12-31)27(35)9-5-21-3-7-25(23(29)19-21)37-26-8-4-22(20-24(26)30)6-10-28(36)34-17-13-32(2)14-18-34/h3-10,19-20H,11-18H2,1-2H3/b9-5+,10-6+. The van der Waals surface area contributed by atoms with Crippen molar-refractivity contribution in [1.82, 2.24) is 19.6 Å². The lowest BCUT2D eigenvalue weighted by Gasteiger charge is -2.31. The first kappa shape index (κ1) is 27.7. The summed E-state index contributed by atoms with van der Waals surface area (Å²) >= 11 is 14.6. The van der Waals surface area contributed by atoms with E-state index in [1.54, 1.807) is 24.3 Å². The van der Waals surface area contributed by atoms with Crippen molar-refractivity contribution in [3.05, 3.63) is 69.7 Å². The monoisotopic (exact) mass is 558 g/mol. The lowest BCUT2D eigenvalue weighted by Crippen LogP contribution is -2.46. The second kappa shape index (κ2) is 13.0. The van der Waals surface area contributed by atoms with Gasteiger partial charge in [0.15, 0.2) is 0 Å². The van der Waals surface area contributed by atoms with Crippen molar-refractivity contribution in [2.45, 2.75) is 9.79 Å². The van der Waals surface area contributed by atoms with Crippen molar-refractivity contribution in [3.8, 4) is 0 Å². The quantitative estimate of drug-likeness (QED) is 0.480. The third-order valence-corrected chi connectivity index (χ3v) is 8.60. The summed E-state index contributed by atoms with van der Waals surface area (Å²) in [6.45, 7) is 6.57. The molecular formula is C28H32Cl2N4O2S. The second-order valence-corrected chi connectivity index (χ2v) is 11.3. The maximum Gasteiger partial charge on any atom is 0.246 e. The Morgan fingerprint density at radius 3 is 1.41 bits per heavy atom. The first-order chi connectivity index (χ1) is 17.8. The first-order valence-corrected chi connectivity index (χ1v) is 13.9. The van der Waals surface area contributed by atoms with Gasteiger partial charge in [-0.15, -0.1) is 0 Å². The fourth-order valence-electron chi connectivity index (χ4n) is 4.13. The Morgan fingerprint density at radius 2 is 1.05 bits per heavy atom. The van der Waals surface area contributed by atoms with Gasteiger partial charge in [0.2, 0.25) is 11.8 Å². The maximum atomic E-state index is 12.5. The summed E-state index contributed by atoms with van der Waals surface area (Å²) in [6.07, 6.45) is 6.83. The Hall–Kier alpha value is -2.29. The van der Waals surface area contributed by atoms with Crippen LogP contribution in [0.1, 0.15) is 11.1 Å². The Morgan fingerprint density at radius 1 is 0.676 bits per heavy atom. The van der Waals surface area contributed by atoms with Crippen LogP contribution in [-0.2, 0) is 9.59 Å². The third-order valence-electron chi connectivity index (χ3n) is 6.60. The van der Waals surface area contributed by atoms with Crippen LogP contribution in [0.25, 0.3) is 12.2 Å². The molecule has 2 heterocycles. The van der Waals surface area contributed by atoms with Crippen molar-refractivity contribution in [2.24, 2.45) is 0 Å². The SMILES string of the molecule is CN1CCN(C(=O)/C=C/c2ccc(Sc3ccc(/C=C/C(=O)N4CCN(C)CC4)cc3Cl)c(Cl)c2)CC1. The summed E-state index contributed by atoms with van der Waals surface area (Å²) in [6, 6.07) is 11.5. The number of piperazine rings is 2. The van der Waals surface area contributed by atoms with Gasteiger partial charge in [-0.2, -0.15) is 0 Å². The van der Waals surface area contributed by atoms with Crippen LogP contribution in [0.15, 0.2) is 58.3 Å². The molecule has 2 amide bonds. The summed E-state index contributed by atoms with van der Waals surface area (Å²) < 4.78 is 0. The molecular weight excluding hydrogens is 527 g/mol. The summed E-state index contributed by atoms with van der Waals surface area (Å²) in [5.41, 5.74) is 1.74. The predicted octanol–water partition coefficient (Wildman–Crippen LogP) is 4.72. The van der Waals surface area contributed by atoms with Gasteiger partial charge in [0.1, 0.15) is 0 Å². The van der Waals surface area contributed by atoms with Gasteiger partial charge in [0, 0.05) is 74.3 Å². The van der Waals surface area contributed by atoms with Gasteiger partial charge in [-0.3, -0.25) is 9.59 Å². The van der Waals surface area contributed by atoms with E-state index in [2.05, 4.69) is 23.9 Å². The predicted molar refractivity (Wildman–Crippen MR) is 153 cm³/mol. The number of halogens is 2. The zero-order valence-electron chi connectivity index (χ0n) is 21.2. The van der Waals surface area contributed by atoms with Crippen molar-refractivity contribution in [1.29, 1.82) is 0 Å². The number of hydrogen-bond acceptors (Lipinski definition) is 5. The molecule has 0 aliphatic carbocycles. The van der Waals surface area contributed by atoms with Crippen molar-refractivity contribution < 1.29 is 9.59 Å². The van der Waals surface area contributed by atoms with E-state index in [1.807, 2.05) is 46.2 Å². The molecule has 0 saturated carbocycles. The average Bonchev–Trinajstić information content (AvgIpc) is 2.89. The first-order valence-electron chi connectivity index (χ1n) is 12.4. The normalized spacial score (nSPS) is 17.7. The van der Waals surface area contributed by atoms with E-state index in [0.29, 0.717) is 10.0 Å². The minimum atomic E-state index is 0.0221. The van der Waals surface area contributed by atoms with Crippen LogP contribution < -0.4 is 0 Å². The Kier molecular flexibility index (Phi) is 9.73.